The molecule has 11 heteroatoms. The molecular formula is C24H28F3N3O4S. The van der Waals surface area contributed by atoms with Crippen LogP contribution in [0.15, 0.2) is 54.1 Å². The second-order valence-corrected chi connectivity index (χ2v) is 9.28. The molecule has 1 aliphatic rings. The second-order valence-electron chi connectivity index (χ2n) is 7.99. The average Bonchev–Trinajstić information content (AvgIpc) is 3.21. The number of hydrogen-bond donors (Lipinski definition) is 0. The van der Waals surface area contributed by atoms with Gasteiger partial charge in [-0.1, -0.05) is 42.2 Å². The first-order valence-electron chi connectivity index (χ1n) is 11.2. The summed E-state index contributed by atoms with van der Waals surface area (Å²) in [6, 6.07) is 7.41. The van der Waals surface area contributed by atoms with Crippen LogP contribution in [0.25, 0.3) is 0 Å². The van der Waals surface area contributed by atoms with Gasteiger partial charge in [0.05, 0.1) is 25.9 Å². The van der Waals surface area contributed by atoms with Crippen molar-refractivity contribution in [2.24, 2.45) is 0 Å². The lowest BCUT2D eigenvalue weighted by Gasteiger charge is -2.38. The van der Waals surface area contributed by atoms with Crippen LogP contribution >= 0.6 is 11.8 Å². The van der Waals surface area contributed by atoms with E-state index in [1.165, 1.54) is 30.0 Å². The van der Waals surface area contributed by atoms with Crippen molar-refractivity contribution in [3.8, 4) is 5.75 Å². The average molecular weight is 512 g/mol. The molecule has 0 radical (unpaired) electrons. The Labute approximate surface area is 206 Å². The minimum Gasteiger partial charge on any atom is -0.497 e. The minimum atomic E-state index is -4.75. The smallest absolute Gasteiger partial charge is 0.497 e. The Hall–Kier alpha value is -2.79. The third kappa shape index (κ3) is 7.35. The van der Waals surface area contributed by atoms with E-state index in [-0.39, 0.29) is 30.4 Å². The van der Waals surface area contributed by atoms with Gasteiger partial charge in [-0.05, 0) is 50.3 Å². The number of nitrogens with zero attached hydrogens (tertiary/aromatic N) is 3. The summed E-state index contributed by atoms with van der Waals surface area (Å²) in [6.45, 7) is 5.78. The predicted octanol–water partition coefficient (Wildman–Crippen LogP) is 5.56. The van der Waals surface area contributed by atoms with Crippen LogP contribution in [0.4, 0.5) is 13.2 Å². The van der Waals surface area contributed by atoms with Crippen molar-refractivity contribution in [2.45, 2.75) is 61.4 Å². The van der Waals surface area contributed by atoms with E-state index in [1.54, 1.807) is 18.7 Å². The fourth-order valence-corrected chi connectivity index (χ4v) is 5.13. The van der Waals surface area contributed by atoms with Gasteiger partial charge in [0.2, 0.25) is 5.69 Å². The lowest BCUT2D eigenvalue weighted by molar-refractivity contribution is -0.361. The number of carbonyl (C=O) groups is 1. The van der Waals surface area contributed by atoms with Gasteiger partial charge in [-0.15, -0.1) is 30.0 Å². The third-order valence-electron chi connectivity index (χ3n) is 5.56. The maximum absolute atomic E-state index is 13.1. The maximum Gasteiger partial charge on any atom is 0.523 e. The molecule has 0 atom stereocenters. The molecule has 2 aromatic rings. The highest BCUT2D eigenvalue weighted by Crippen LogP contribution is 2.43. The van der Waals surface area contributed by atoms with Gasteiger partial charge in [-0.3, -0.25) is 4.74 Å². The molecular weight excluding hydrogens is 483 g/mol. The highest BCUT2D eigenvalue weighted by Gasteiger charge is 2.44. The van der Waals surface area contributed by atoms with Crippen molar-refractivity contribution >= 4 is 17.7 Å². The van der Waals surface area contributed by atoms with Crippen molar-refractivity contribution in [2.75, 3.05) is 13.7 Å². The van der Waals surface area contributed by atoms with Gasteiger partial charge >= 0.3 is 12.3 Å². The molecule has 190 valence electrons. The molecule has 35 heavy (non-hydrogen) atoms. The van der Waals surface area contributed by atoms with E-state index in [2.05, 4.69) is 21.6 Å². The summed E-state index contributed by atoms with van der Waals surface area (Å²) in [4.78, 5) is 12.5. The second kappa shape index (κ2) is 11.8. The molecule has 1 heterocycles. The maximum atomic E-state index is 13.1. The van der Waals surface area contributed by atoms with Gasteiger partial charge in [-0.25, -0.2) is 9.48 Å². The van der Waals surface area contributed by atoms with Crippen molar-refractivity contribution < 1.29 is 32.2 Å². The molecule has 1 aromatic heterocycles. The number of alkyl halides is 3. The molecule has 0 spiro atoms. The Balaban J connectivity index is 1.80. The number of thioether (sulfide) groups is 1. The SMILES string of the molecule is C=C/C=C\C1(OC(F)(F)F)CCC(Sc2c(C(=O)OCC)nnn2Cc2ccc(OC)cc2)CC1. The van der Waals surface area contributed by atoms with E-state index < -0.39 is 17.9 Å². The van der Waals surface area contributed by atoms with Crippen LogP contribution in [-0.4, -0.2) is 51.9 Å². The van der Waals surface area contributed by atoms with Crippen LogP contribution in [0.1, 0.15) is 48.7 Å². The predicted molar refractivity (Wildman–Crippen MR) is 125 cm³/mol. The van der Waals surface area contributed by atoms with Crippen LogP contribution in [0.3, 0.4) is 0 Å². The third-order valence-corrected chi connectivity index (χ3v) is 6.99. The number of hydrogen-bond acceptors (Lipinski definition) is 7. The largest absolute Gasteiger partial charge is 0.523 e. The molecule has 0 bridgehead atoms. The zero-order valence-corrected chi connectivity index (χ0v) is 20.4. The number of esters is 1. The first kappa shape index (κ1) is 26.8. The molecule has 0 saturated heterocycles. The zero-order chi connectivity index (χ0) is 25.5. The molecule has 1 fully saturated rings. The quantitative estimate of drug-likeness (QED) is 0.305. The number of ether oxygens (including phenoxy) is 3. The van der Waals surface area contributed by atoms with Crippen LogP contribution < -0.4 is 4.74 Å². The van der Waals surface area contributed by atoms with Gasteiger partial charge in [0.25, 0.3) is 0 Å². The molecule has 1 aromatic carbocycles. The number of aromatic nitrogens is 3. The molecule has 1 aliphatic carbocycles. The summed E-state index contributed by atoms with van der Waals surface area (Å²) in [5.74, 6) is 0.127. The van der Waals surface area contributed by atoms with E-state index in [0.29, 0.717) is 30.2 Å². The Bertz CT molecular complexity index is 1030. The molecule has 0 amide bonds. The molecule has 1 saturated carbocycles. The highest BCUT2D eigenvalue weighted by atomic mass is 32.2. The highest BCUT2D eigenvalue weighted by molar-refractivity contribution is 7.99. The lowest BCUT2D eigenvalue weighted by Crippen LogP contribution is -2.40. The first-order chi connectivity index (χ1) is 16.7. The van der Waals surface area contributed by atoms with Gasteiger partial charge in [-0.2, -0.15) is 0 Å². The summed E-state index contributed by atoms with van der Waals surface area (Å²) in [5, 5.41) is 8.67. The molecule has 0 unspecified atom stereocenters. The summed E-state index contributed by atoms with van der Waals surface area (Å²) in [5.41, 5.74) is -0.418. The normalized spacial score (nSPS) is 20.7. The number of methoxy groups -OCH3 is 1. The number of allylic oxidation sites excluding steroid dienone is 2. The molecule has 0 N–H and O–H groups in total. The number of halogens is 3. The minimum absolute atomic E-state index is 0.0571. The van der Waals surface area contributed by atoms with Crippen molar-refractivity contribution in [3.63, 3.8) is 0 Å². The van der Waals surface area contributed by atoms with Crippen LogP contribution in [0, 0.1) is 0 Å². The fraction of sp³-hybridized carbons (Fsp3) is 0.458. The standard InChI is InChI=1S/C24H28F3N3O4S/c1-4-6-13-23(34-24(25,26)27)14-11-19(12-15-23)35-21-20(22(31)33-5-2)28-29-30(21)16-17-7-9-18(32-3)10-8-17/h4,6-10,13,19H,1,5,11-12,14-16H2,2-3H3/b13-6-. The van der Waals surface area contributed by atoms with Gasteiger partial charge in [0.15, 0.2) is 0 Å². The van der Waals surface area contributed by atoms with Crippen LogP contribution in [0.2, 0.25) is 0 Å². The van der Waals surface area contributed by atoms with E-state index in [4.69, 9.17) is 9.47 Å². The van der Waals surface area contributed by atoms with E-state index in [0.717, 1.165) is 5.56 Å². The van der Waals surface area contributed by atoms with Crippen molar-refractivity contribution in [1.29, 1.82) is 0 Å². The Kier molecular flexibility index (Phi) is 9.01. The Morgan fingerprint density at radius 1 is 1.29 bits per heavy atom. The van der Waals surface area contributed by atoms with Gasteiger partial charge < -0.3 is 9.47 Å². The Morgan fingerprint density at radius 2 is 1.97 bits per heavy atom. The van der Waals surface area contributed by atoms with E-state index in [1.807, 2.05) is 24.3 Å². The number of benzene rings is 1. The van der Waals surface area contributed by atoms with E-state index in [9.17, 15) is 18.0 Å². The Morgan fingerprint density at radius 3 is 2.54 bits per heavy atom. The zero-order valence-electron chi connectivity index (χ0n) is 19.6. The number of carbonyl (C=O) groups excluding carboxylic acids is 1. The fourth-order valence-electron chi connectivity index (χ4n) is 3.89. The molecule has 7 nitrogen and oxygen atoms in total. The molecule has 0 aliphatic heterocycles. The van der Waals surface area contributed by atoms with E-state index >= 15 is 0 Å². The first-order valence-corrected chi connectivity index (χ1v) is 12.0. The summed E-state index contributed by atoms with van der Waals surface area (Å²) >= 11 is 1.38. The molecule has 3 rings (SSSR count). The van der Waals surface area contributed by atoms with Crippen LogP contribution in [-0.2, 0) is 16.0 Å². The summed E-state index contributed by atoms with van der Waals surface area (Å²) in [6.07, 6.45) is 0.809. The topological polar surface area (TPSA) is 75.5 Å². The number of rotatable bonds is 10. The monoisotopic (exact) mass is 511 g/mol. The van der Waals surface area contributed by atoms with Crippen molar-refractivity contribution in [1.82, 2.24) is 15.0 Å². The van der Waals surface area contributed by atoms with Crippen LogP contribution in [0.5, 0.6) is 5.75 Å². The lowest BCUT2D eigenvalue weighted by atomic mass is 9.84. The van der Waals surface area contributed by atoms with Gasteiger partial charge in [0.1, 0.15) is 10.8 Å². The summed E-state index contributed by atoms with van der Waals surface area (Å²) < 4.78 is 55.7. The van der Waals surface area contributed by atoms with Gasteiger partial charge in [0, 0.05) is 5.25 Å². The summed E-state index contributed by atoms with van der Waals surface area (Å²) in [7, 11) is 1.58. The van der Waals surface area contributed by atoms with Crippen molar-refractivity contribution in [3.05, 3.63) is 60.3 Å².